The average molecular weight is 526 g/mol. The standard InChI is InChI=1S/C26H23N3O5S.ClH/c30-26(31)19-34-23-6-4-5-21(15-23)18-29(35(32,33)24-7-2-1-3-8-24)17-20-9-11-22(12-10-20)25-16-27-13-14-28-25;/h1-16H,17-19H2,(H,30,31);1H. The van der Waals surface area contributed by atoms with Gasteiger partial charge in [-0.25, -0.2) is 13.2 Å². The summed E-state index contributed by atoms with van der Waals surface area (Å²) in [5.41, 5.74) is 3.08. The highest BCUT2D eigenvalue weighted by Crippen LogP contribution is 2.24. The van der Waals surface area contributed by atoms with Crippen LogP contribution in [0.4, 0.5) is 0 Å². The number of aromatic nitrogens is 2. The molecule has 0 saturated heterocycles. The summed E-state index contributed by atoms with van der Waals surface area (Å²) in [6, 6.07) is 22.5. The van der Waals surface area contributed by atoms with E-state index in [4.69, 9.17) is 9.84 Å². The first-order valence-electron chi connectivity index (χ1n) is 10.8. The van der Waals surface area contributed by atoms with Crippen molar-refractivity contribution in [3.05, 3.63) is 109 Å². The summed E-state index contributed by atoms with van der Waals surface area (Å²) < 4.78 is 33.7. The van der Waals surface area contributed by atoms with Crippen molar-refractivity contribution in [1.82, 2.24) is 14.3 Å². The molecule has 8 nitrogen and oxygen atoms in total. The van der Waals surface area contributed by atoms with Crippen molar-refractivity contribution < 1.29 is 23.1 Å². The lowest BCUT2D eigenvalue weighted by molar-refractivity contribution is -0.139. The molecule has 186 valence electrons. The molecule has 36 heavy (non-hydrogen) atoms. The second-order valence-corrected chi connectivity index (χ2v) is 9.64. The summed E-state index contributed by atoms with van der Waals surface area (Å²) in [6.07, 6.45) is 4.89. The second kappa shape index (κ2) is 12.3. The zero-order chi connectivity index (χ0) is 24.7. The first-order chi connectivity index (χ1) is 16.9. The van der Waals surface area contributed by atoms with Crippen LogP contribution in [-0.4, -0.2) is 40.4 Å². The Morgan fingerprint density at radius 2 is 1.61 bits per heavy atom. The largest absolute Gasteiger partial charge is 0.482 e. The highest BCUT2D eigenvalue weighted by atomic mass is 35.5. The number of hydrogen-bond acceptors (Lipinski definition) is 6. The molecule has 10 heteroatoms. The van der Waals surface area contributed by atoms with Crippen LogP contribution in [0.1, 0.15) is 11.1 Å². The number of carboxylic acid groups (broad SMARTS) is 1. The summed E-state index contributed by atoms with van der Waals surface area (Å²) in [4.78, 5) is 19.4. The predicted molar refractivity (Wildman–Crippen MR) is 137 cm³/mol. The second-order valence-electron chi connectivity index (χ2n) is 7.70. The van der Waals surface area contributed by atoms with Crippen LogP contribution >= 0.6 is 12.4 Å². The van der Waals surface area contributed by atoms with Crippen LogP contribution in [0.3, 0.4) is 0 Å². The molecule has 0 aliphatic rings. The van der Waals surface area contributed by atoms with Crippen LogP contribution in [-0.2, 0) is 27.9 Å². The lowest BCUT2D eigenvalue weighted by atomic mass is 10.1. The van der Waals surface area contributed by atoms with Crippen molar-refractivity contribution in [2.75, 3.05) is 6.61 Å². The minimum atomic E-state index is -3.82. The van der Waals surface area contributed by atoms with Crippen LogP contribution in [0, 0.1) is 0 Å². The fourth-order valence-corrected chi connectivity index (χ4v) is 4.92. The third-order valence-corrected chi connectivity index (χ3v) is 6.98. The number of carboxylic acids is 1. The van der Waals surface area contributed by atoms with E-state index in [9.17, 15) is 13.2 Å². The van der Waals surface area contributed by atoms with E-state index in [2.05, 4.69) is 9.97 Å². The number of aliphatic carboxylic acids is 1. The number of benzene rings is 3. The van der Waals surface area contributed by atoms with E-state index < -0.39 is 22.6 Å². The number of carbonyl (C=O) groups is 1. The highest BCUT2D eigenvalue weighted by molar-refractivity contribution is 7.89. The first-order valence-corrected chi connectivity index (χ1v) is 12.2. The minimum absolute atomic E-state index is 0. The third-order valence-electron chi connectivity index (χ3n) is 5.17. The first kappa shape index (κ1) is 26.8. The van der Waals surface area contributed by atoms with Gasteiger partial charge in [0, 0.05) is 31.0 Å². The third kappa shape index (κ3) is 6.88. The molecule has 1 aromatic heterocycles. The molecular formula is C26H24ClN3O5S. The summed E-state index contributed by atoms with van der Waals surface area (Å²) in [6.45, 7) is -0.265. The molecule has 4 aromatic rings. The van der Waals surface area contributed by atoms with Crippen molar-refractivity contribution in [3.8, 4) is 17.0 Å². The van der Waals surface area contributed by atoms with Crippen molar-refractivity contribution in [2.24, 2.45) is 0 Å². The maximum absolute atomic E-state index is 13.5. The molecule has 0 aliphatic heterocycles. The molecule has 0 aliphatic carbocycles. The van der Waals surface area contributed by atoms with Gasteiger partial charge in [-0.15, -0.1) is 12.4 Å². The van der Waals surface area contributed by atoms with Crippen molar-refractivity contribution in [1.29, 1.82) is 0 Å². The molecular weight excluding hydrogens is 502 g/mol. The predicted octanol–water partition coefficient (Wildman–Crippen LogP) is 4.42. The number of ether oxygens (including phenoxy) is 1. The Bertz CT molecular complexity index is 1390. The molecule has 1 heterocycles. The molecule has 4 rings (SSSR count). The Morgan fingerprint density at radius 1 is 0.889 bits per heavy atom. The van der Waals surface area contributed by atoms with E-state index in [1.54, 1.807) is 73.2 Å². The summed E-state index contributed by atoms with van der Waals surface area (Å²) in [5, 5.41) is 8.86. The van der Waals surface area contributed by atoms with Crippen LogP contribution in [0.2, 0.25) is 0 Å². The summed E-state index contributed by atoms with van der Waals surface area (Å²) in [5.74, 6) is -0.733. The molecule has 0 bridgehead atoms. The van der Waals surface area contributed by atoms with E-state index in [-0.39, 0.29) is 30.4 Å². The maximum atomic E-state index is 13.5. The monoisotopic (exact) mass is 525 g/mol. The number of nitrogens with zero attached hydrogens (tertiary/aromatic N) is 3. The van der Waals surface area contributed by atoms with Gasteiger partial charge < -0.3 is 9.84 Å². The fourth-order valence-electron chi connectivity index (χ4n) is 3.48. The van der Waals surface area contributed by atoms with Crippen molar-refractivity contribution in [3.63, 3.8) is 0 Å². The minimum Gasteiger partial charge on any atom is -0.482 e. The van der Waals surface area contributed by atoms with Gasteiger partial charge >= 0.3 is 5.97 Å². The molecule has 0 amide bonds. The Hall–Kier alpha value is -3.79. The number of halogens is 1. The number of hydrogen-bond donors (Lipinski definition) is 1. The van der Waals surface area contributed by atoms with Gasteiger partial charge in [-0.3, -0.25) is 9.97 Å². The van der Waals surface area contributed by atoms with Crippen molar-refractivity contribution >= 4 is 28.4 Å². The highest BCUT2D eigenvalue weighted by Gasteiger charge is 2.25. The molecule has 0 radical (unpaired) electrons. The Labute approximate surface area is 215 Å². The fraction of sp³-hybridized carbons (Fsp3) is 0.115. The number of rotatable bonds is 10. The van der Waals surface area contributed by atoms with Gasteiger partial charge in [0.15, 0.2) is 6.61 Å². The number of sulfonamides is 1. The van der Waals surface area contributed by atoms with Crippen LogP contribution in [0.25, 0.3) is 11.3 Å². The molecule has 0 fully saturated rings. The smallest absolute Gasteiger partial charge is 0.341 e. The van der Waals surface area contributed by atoms with Crippen molar-refractivity contribution in [2.45, 2.75) is 18.0 Å². The van der Waals surface area contributed by atoms with Gasteiger partial charge in [-0.2, -0.15) is 4.31 Å². The summed E-state index contributed by atoms with van der Waals surface area (Å²) >= 11 is 0. The average Bonchev–Trinajstić information content (AvgIpc) is 2.89. The Morgan fingerprint density at radius 3 is 2.28 bits per heavy atom. The molecule has 3 aromatic carbocycles. The topological polar surface area (TPSA) is 110 Å². The lowest BCUT2D eigenvalue weighted by Gasteiger charge is -2.23. The molecule has 0 atom stereocenters. The lowest BCUT2D eigenvalue weighted by Crippen LogP contribution is -2.30. The van der Waals surface area contributed by atoms with Crippen LogP contribution in [0.15, 0.2) is 102 Å². The van der Waals surface area contributed by atoms with Gasteiger partial charge in [0.1, 0.15) is 5.75 Å². The normalized spacial score (nSPS) is 11.0. The SMILES string of the molecule is Cl.O=C(O)COc1cccc(CN(Cc2ccc(-c3cnccn3)cc2)S(=O)(=O)c2ccccc2)c1. The molecule has 0 spiro atoms. The van der Waals surface area contributed by atoms with Crippen LogP contribution in [0.5, 0.6) is 5.75 Å². The van der Waals surface area contributed by atoms with E-state index in [0.29, 0.717) is 11.3 Å². The van der Waals surface area contributed by atoms with Gasteiger partial charge in [0.05, 0.1) is 16.8 Å². The van der Waals surface area contributed by atoms with E-state index in [1.165, 1.54) is 4.31 Å². The van der Waals surface area contributed by atoms with Crippen LogP contribution < -0.4 is 4.74 Å². The molecule has 0 saturated carbocycles. The Kier molecular flexibility index (Phi) is 9.13. The Balaban J connectivity index is 0.00000361. The molecule has 0 unspecified atom stereocenters. The summed E-state index contributed by atoms with van der Waals surface area (Å²) in [7, 11) is -3.82. The maximum Gasteiger partial charge on any atom is 0.341 e. The van der Waals surface area contributed by atoms with E-state index in [0.717, 1.165) is 16.8 Å². The zero-order valence-electron chi connectivity index (χ0n) is 19.1. The quantitative estimate of drug-likeness (QED) is 0.326. The van der Waals surface area contributed by atoms with Gasteiger partial charge in [-0.05, 0) is 35.4 Å². The van der Waals surface area contributed by atoms with E-state index in [1.807, 2.05) is 24.3 Å². The zero-order valence-corrected chi connectivity index (χ0v) is 20.7. The van der Waals surface area contributed by atoms with Gasteiger partial charge in [0.2, 0.25) is 10.0 Å². The molecule has 1 N–H and O–H groups in total. The van der Waals surface area contributed by atoms with Gasteiger partial charge in [0.25, 0.3) is 0 Å². The van der Waals surface area contributed by atoms with E-state index >= 15 is 0 Å². The van der Waals surface area contributed by atoms with Gasteiger partial charge in [-0.1, -0.05) is 54.6 Å².